The average Bonchev–Trinajstić information content (AvgIpc) is 1.55. The summed E-state index contributed by atoms with van der Waals surface area (Å²) in [5, 5.41) is 136. The van der Waals surface area contributed by atoms with Crippen molar-refractivity contribution >= 4 is 82.7 Å². The van der Waals surface area contributed by atoms with Gasteiger partial charge in [-0.15, -0.1) is 0 Å². The summed E-state index contributed by atoms with van der Waals surface area (Å²) in [5.74, 6) is -19.4. The second kappa shape index (κ2) is 37.7. The highest BCUT2D eigenvalue weighted by Crippen LogP contribution is 2.54. The first-order valence-corrected chi connectivity index (χ1v) is 44.4. The molecular formula is C97H95Cl2N9O28. The largest absolute Gasteiger partial charge is 0.508 e. The number of carbonyl (C=O) groups is 10. The number of likely N-dealkylation sites (N-methyl/N-ethyl adjacent to an activating group) is 1. The van der Waals surface area contributed by atoms with Crippen LogP contribution in [0.5, 0.6) is 34.5 Å². The first kappa shape index (κ1) is 94.4. The molecule has 19 N–H and O–H groups in total. The summed E-state index contributed by atoms with van der Waals surface area (Å²) in [5.41, 5.74) is 8.18. The monoisotopic (exact) mass is 1900 g/mol. The van der Waals surface area contributed by atoms with E-state index in [1.54, 1.807) is 13.8 Å². The zero-order valence-corrected chi connectivity index (χ0v) is 74.6. The lowest BCUT2D eigenvalue weighted by Gasteiger charge is -2.48. The number of aliphatic carboxylic acids is 1. The van der Waals surface area contributed by atoms with E-state index in [1.807, 2.05) is 97.1 Å². The Bertz CT molecular complexity index is 6230. The van der Waals surface area contributed by atoms with E-state index in [9.17, 15) is 70.2 Å². The van der Waals surface area contributed by atoms with Crippen molar-refractivity contribution in [1.82, 2.24) is 42.1 Å². The van der Waals surface area contributed by atoms with Crippen molar-refractivity contribution in [1.29, 1.82) is 0 Å². The van der Waals surface area contributed by atoms with E-state index in [0.717, 1.165) is 122 Å². The van der Waals surface area contributed by atoms with Crippen LogP contribution in [0.1, 0.15) is 150 Å². The number of fused-ring (bicyclic) bond motifs is 18. The summed E-state index contributed by atoms with van der Waals surface area (Å²) in [6.07, 6.45) is -22.8. The number of carboxylic acid groups (broad SMARTS) is 1. The van der Waals surface area contributed by atoms with Crippen molar-refractivity contribution in [3.8, 4) is 67.9 Å². The van der Waals surface area contributed by atoms with E-state index in [0.29, 0.717) is 0 Å². The van der Waals surface area contributed by atoms with Gasteiger partial charge in [0, 0.05) is 36.4 Å². The van der Waals surface area contributed by atoms with Gasteiger partial charge in [0.15, 0.2) is 29.9 Å². The van der Waals surface area contributed by atoms with Crippen molar-refractivity contribution in [3.63, 3.8) is 0 Å². The molecule has 39 heteroatoms. The summed E-state index contributed by atoms with van der Waals surface area (Å²) >= 11 is 14.5. The molecule has 9 amide bonds. The fourth-order valence-corrected chi connectivity index (χ4v) is 19.6. The van der Waals surface area contributed by atoms with Gasteiger partial charge in [0.1, 0.15) is 103 Å². The molecule has 18 atom stereocenters. The standard InChI is InChI=1S/C97H95Cl2N9O28/c1-41(2)28-65(108(5)95(126)130-40-59-54-20-12-8-16-50(54)51-17-9-13-21-55(51)59)87(118)105-77-79(112)44-23-26-66(62(98)30-44)132-68-32-46-33-69(83(68)136-93-84(82(115)81(114)70(38-109)134-93)135-72-37-96(4,85(116)42(3)131-72)107-94(125)129-39-58-52-18-10-6-14-48(52)49-15-7-11-19-53(49)58)133-67-27-24-45(31-63(67)99)80(113)78-91(122)104-76(92(123)124)57-34-47(110)35-61-73(57)56-29-43(22-25-60(56)97(61,127)128)74(88(119)106-78)103-89(120)75(46)102-86(117)64(36-71(100)111)101-90(77)121/h6-27,29-35,41-42,58-59,64-65,70,72,74-82,84-85,93,109-110,112-116,127-128H,28,36-40H2,1-5H3,(H2,100,111)(H,101,121)(H,102,117)(H,103,120)(H,104,122)(H,105,118)(H,106,119)(H,107,125)(H,123,124)/t42?,64?,65?,70?,72?,74?,75?,76-,77?,78?,79?,80?,81?,82?,84?,85?,93?,96?/m0/s1. The van der Waals surface area contributed by atoms with E-state index < -0.39 is 261 Å². The minimum Gasteiger partial charge on any atom is -0.508 e. The summed E-state index contributed by atoms with van der Waals surface area (Å²) in [6.45, 7) is 5.04. The third-order valence-corrected chi connectivity index (χ3v) is 26.6. The summed E-state index contributed by atoms with van der Waals surface area (Å²) in [4.78, 5) is 151. The molecule has 136 heavy (non-hydrogen) atoms. The molecule has 9 aromatic carbocycles. The Hall–Kier alpha value is -13.4. The number of rotatable bonds is 18. The Morgan fingerprint density at radius 3 is 1.70 bits per heavy atom. The Morgan fingerprint density at radius 1 is 0.596 bits per heavy atom. The van der Waals surface area contributed by atoms with Gasteiger partial charge in [-0.3, -0.25) is 38.5 Å². The van der Waals surface area contributed by atoms with Gasteiger partial charge in [0.2, 0.25) is 59.2 Å². The molecule has 7 aliphatic heterocycles. The fourth-order valence-electron chi connectivity index (χ4n) is 19.1. The highest BCUT2D eigenvalue weighted by Gasteiger charge is 2.54. The topological polar surface area (TPSA) is 560 Å². The van der Waals surface area contributed by atoms with Gasteiger partial charge in [-0.2, -0.15) is 0 Å². The van der Waals surface area contributed by atoms with Crippen molar-refractivity contribution < 1.29 is 137 Å². The Labute approximate surface area is 785 Å². The van der Waals surface area contributed by atoms with Gasteiger partial charge in [-0.1, -0.05) is 158 Å². The number of nitrogens with two attached hydrogens (primary N) is 1. The van der Waals surface area contributed by atoms with Gasteiger partial charge in [0.05, 0.1) is 34.7 Å². The number of hydrogen-bond donors (Lipinski definition) is 18. The molecule has 19 rings (SSSR count). The average molecular weight is 1910 g/mol. The van der Waals surface area contributed by atoms with Gasteiger partial charge in [-0.25, -0.2) is 14.4 Å². The molecule has 2 saturated heterocycles. The number of benzene rings is 9. The van der Waals surface area contributed by atoms with Gasteiger partial charge >= 0.3 is 18.2 Å². The number of hydrogen-bond acceptors (Lipinski definition) is 27. The molecule has 0 saturated carbocycles. The van der Waals surface area contributed by atoms with Crippen LogP contribution in [0.25, 0.3) is 33.4 Å². The molecule has 7 heterocycles. The molecule has 0 aromatic heterocycles. The normalized spacial score (nSPS) is 26.0. The molecular weight excluding hydrogens is 1810 g/mol. The molecule has 0 radical (unpaired) electrons. The number of nitrogens with zero attached hydrogens (tertiary/aromatic N) is 1. The highest BCUT2D eigenvalue weighted by molar-refractivity contribution is 6.32. The summed E-state index contributed by atoms with van der Waals surface area (Å²) in [6, 6.07) is 29.0. The lowest BCUT2D eigenvalue weighted by molar-refractivity contribution is -0.334. The number of phenols is 1. The number of nitrogens with one attached hydrogen (secondary N) is 7. The predicted octanol–water partition coefficient (Wildman–Crippen LogP) is 6.44. The maximum atomic E-state index is 16.5. The van der Waals surface area contributed by atoms with Crippen molar-refractivity contribution in [2.24, 2.45) is 11.7 Å². The molecule has 37 nitrogen and oxygen atoms in total. The molecule has 11 bridgehead atoms. The second-order valence-corrected chi connectivity index (χ2v) is 36.2. The first-order valence-electron chi connectivity index (χ1n) is 43.6. The van der Waals surface area contributed by atoms with Gasteiger partial charge in [0.25, 0.3) is 0 Å². The lowest BCUT2D eigenvalue weighted by Crippen LogP contribution is -2.66. The zero-order chi connectivity index (χ0) is 96.7. The van der Waals surface area contributed by atoms with E-state index >= 15 is 28.8 Å². The lowest BCUT2D eigenvalue weighted by atomic mass is 9.85. The first-order chi connectivity index (χ1) is 64.9. The van der Waals surface area contributed by atoms with Crippen molar-refractivity contribution in [3.05, 3.63) is 247 Å². The Morgan fingerprint density at radius 2 is 1.14 bits per heavy atom. The number of alkyl carbamates (subject to hydrolysis) is 1. The Kier molecular flexibility index (Phi) is 26.2. The van der Waals surface area contributed by atoms with Crippen molar-refractivity contribution in [2.75, 3.05) is 26.9 Å². The minimum absolute atomic E-state index is 0.107. The smallest absolute Gasteiger partial charge is 0.410 e. The van der Waals surface area contributed by atoms with Crippen LogP contribution in [0.3, 0.4) is 0 Å². The number of ether oxygens (including phenoxy) is 8. The molecule has 2 fully saturated rings. The maximum Gasteiger partial charge on any atom is 0.410 e. The maximum absolute atomic E-state index is 16.5. The summed E-state index contributed by atoms with van der Waals surface area (Å²) in [7, 11) is 1.29. The van der Waals surface area contributed by atoms with Crippen LogP contribution < -0.4 is 57.2 Å². The number of aliphatic hydroxyl groups is 8. The van der Waals surface area contributed by atoms with Gasteiger partial charge < -0.3 is 132 Å². The van der Waals surface area contributed by atoms with E-state index in [-0.39, 0.29) is 64.9 Å². The van der Waals surface area contributed by atoms with Gasteiger partial charge in [-0.05, 0) is 164 Å². The van der Waals surface area contributed by atoms with E-state index in [1.165, 1.54) is 27.0 Å². The number of amides is 9. The molecule has 3 aliphatic carbocycles. The quantitative estimate of drug-likeness (QED) is 0.0411. The van der Waals surface area contributed by atoms with Crippen LogP contribution in [0.15, 0.2) is 176 Å². The Balaban J connectivity index is 0.784. The van der Waals surface area contributed by atoms with Crippen LogP contribution in [0, 0.1) is 5.92 Å². The minimum atomic E-state index is -3.07. The number of phenolic OH excluding ortho intramolecular Hbond substituents is 1. The molecule has 9 aromatic rings. The number of carbonyl (C=O) groups excluding carboxylic acids is 9. The molecule has 710 valence electrons. The second-order valence-electron chi connectivity index (χ2n) is 35.4. The number of aliphatic hydroxyl groups excluding tert-OH is 6. The number of primary amides is 1. The van der Waals surface area contributed by atoms with Crippen LogP contribution in [0.2, 0.25) is 10.0 Å². The summed E-state index contributed by atoms with van der Waals surface area (Å²) < 4.78 is 51.6. The van der Waals surface area contributed by atoms with Crippen LogP contribution in [-0.4, -0.2) is 221 Å². The molecule has 17 unspecified atom stereocenters. The molecule has 0 spiro atoms. The highest BCUT2D eigenvalue weighted by atomic mass is 35.5. The van der Waals surface area contributed by atoms with Crippen LogP contribution in [0.4, 0.5) is 9.59 Å². The molecule has 10 aliphatic rings. The number of aromatic hydroxyl groups is 1. The van der Waals surface area contributed by atoms with E-state index in [2.05, 4.69) is 37.2 Å². The third kappa shape index (κ3) is 18.0. The van der Waals surface area contributed by atoms with Crippen LogP contribution >= 0.6 is 23.2 Å². The third-order valence-electron chi connectivity index (χ3n) is 26.0. The van der Waals surface area contributed by atoms with Crippen molar-refractivity contribution in [2.45, 2.75) is 174 Å². The predicted molar refractivity (Wildman–Crippen MR) is 479 cm³/mol. The zero-order valence-electron chi connectivity index (χ0n) is 73.1. The van der Waals surface area contributed by atoms with Crippen LogP contribution in [-0.2, 0) is 67.8 Å². The number of carboxylic acids is 1. The SMILES string of the molecule is CC(C)CC(C(=O)NC1C(=O)NC(CC(N)=O)C(=O)NC2C(=O)NC3C(=O)NC(C(=O)N[C@H](C(=O)O)c4cc(O)cc5c4-c4cc3ccc4C5(O)O)C(O)c3ccc(c(Cl)c3)Oc3cc2cc(c3OC2OC(CO)C(O)C(O)C2OC2CC(C)(NC(=O)OCC3c4ccccc4-c4ccccc43)C(O)C(C)O2)Oc2ccc(cc2Cl)C1O)N(C)C(=O)OCC1c2ccccc2-c2ccccc21. The fraction of sp³-hybridized carbons (Fsp3) is 0.340. The number of halogens is 2. The van der Waals surface area contributed by atoms with E-state index in [4.69, 9.17) is 66.8 Å².